The van der Waals surface area contributed by atoms with Gasteiger partial charge in [-0.15, -0.1) is 0 Å². The zero-order chi connectivity index (χ0) is 13.7. The summed E-state index contributed by atoms with van der Waals surface area (Å²) in [5.74, 6) is 0. The molecule has 1 aromatic carbocycles. The Morgan fingerprint density at radius 1 is 1.16 bits per heavy atom. The maximum atomic E-state index is 11.8. The largest absolute Gasteiger partial charge is 0.331 e. The molecule has 1 atom stereocenters. The van der Waals surface area contributed by atoms with Crippen LogP contribution in [0.25, 0.3) is 0 Å². The molecule has 0 radical (unpaired) electrons. The van der Waals surface area contributed by atoms with Crippen LogP contribution in [0.5, 0.6) is 0 Å². The number of hydrogen-bond donors (Lipinski definition) is 2. The van der Waals surface area contributed by atoms with Crippen molar-refractivity contribution in [2.45, 2.75) is 13.0 Å². The van der Waals surface area contributed by atoms with Crippen molar-refractivity contribution in [3.05, 3.63) is 57.9 Å². The predicted octanol–water partition coefficient (Wildman–Crippen LogP) is 3.57. The number of halogens is 1. The molecule has 1 unspecified atom stereocenters. The molecule has 98 valence electrons. The quantitative estimate of drug-likeness (QED) is 0.815. The molecular weight excluding hydrogens is 353 g/mol. The fourth-order valence-corrected chi connectivity index (χ4v) is 1.99. The zero-order valence-corrected chi connectivity index (χ0v) is 12.6. The van der Waals surface area contributed by atoms with Gasteiger partial charge in [-0.1, -0.05) is 0 Å². The Hall–Kier alpha value is -1.63. The second-order valence-corrected chi connectivity index (χ2v) is 5.35. The van der Waals surface area contributed by atoms with Gasteiger partial charge in [0.1, 0.15) is 0 Å². The number of nitrogens with zero attached hydrogens (tertiary/aromatic N) is 1. The smallest absolute Gasteiger partial charge is 0.319 e. The Kier molecular flexibility index (Phi) is 4.73. The molecule has 0 saturated heterocycles. The summed E-state index contributed by atoms with van der Waals surface area (Å²) in [5, 5.41) is 5.68. The van der Waals surface area contributed by atoms with E-state index < -0.39 is 0 Å². The number of nitrogens with one attached hydrogen (secondary N) is 2. The van der Waals surface area contributed by atoms with E-state index in [0.717, 1.165) is 14.8 Å². The Morgan fingerprint density at radius 2 is 1.79 bits per heavy atom. The predicted molar refractivity (Wildman–Crippen MR) is 84.0 cm³/mol. The van der Waals surface area contributed by atoms with E-state index in [9.17, 15) is 4.79 Å². The summed E-state index contributed by atoms with van der Waals surface area (Å²) in [5.41, 5.74) is 1.80. The van der Waals surface area contributed by atoms with Gasteiger partial charge in [0.25, 0.3) is 0 Å². The van der Waals surface area contributed by atoms with Crippen LogP contribution in [0.15, 0.2) is 48.8 Å². The summed E-state index contributed by atoms with van der Waals surface area (Å²) in [6.07, 6.45) is 3.43. The van der Waals surface area contributed by atoms with Gasteiger partial charge in [0, 0.05) is 21.7 Å². The Balaban J connectivity index is 1.93. The van der Waals surface area contributed by atoms with E-state index in [0.29, 0.717) is 0 Å². The highest BCUT2D eigenvalue weighted by molar-refractivity contribution is 14.1. The van der Waals surface area contributed by atoms with Crippen molar-refractivity contribution >= 4 is 34.3 Å². The first-order valence-corrected chi connectivity index (χ1v) is 6.96. The number of urea groups is 1. The van der Waals surface area contributed by atoms with Crippen LogP contribution in [0.3, 0.4) is 0 Å². The first-order valence-electron chi connectivity index (χ1n) is 5.88. The lowest BCUT2D eigenvalue weighted by atomic mass is 10.1. The van der Waals surface area contributed by atoms with Crippen LogP contribution in [0.4, 0.5) is 10.5 Å². The first-order chi connectivity index (χ1) is 9.15. The van der Waals surface area contributed by atoms with Gasteiger partial charge in [0.05, 0.1) is 6.04 Å². The molecule has 0 saturated carbocycles. The first kappa shape index (κ1) is 13.8. The average Bonchev–Trinajstić information content (AvgIpc) is 2.42. The van der Waals surface area contributed by atoms with Crippen molar-refractivity contribution in [3.63, 3.8) is 0 Å². The van der Waals surface area contributed by atoms with Crippen LogP contribution in [0, 0.1) is 3.57 Å². The maximum Gasteiger partial charge on any atom is 0.319 e. The van der Waals surface area contributed by atoms with Crippen molar-refractivity contribution in [3.8, 4) is 0 Å². The lowest BCUT2D eigenvalue weighted by molar-refractivity contribution is 0.249. The van der Waals surface area contributed by atoms with Crippen molar-refractivity contribution < 1.29 is 4.79 Å². The summed E-state index contributed by atoms with van der Waals surface area (Å²) in [4.78, 5) is 15.8. The molecule has 0 aliphatic rings. The minimum absolute atomic E-state index is 0.0631. The molecule has 4 nitrogen and oxygen atoms in total. The summed E-state index contributed by atoms with van der Waals surface area (Å²) in [6.45, 7) is 1.93. The molecule has 5 heteroatoms. The van der Waals surface area contributed by atoms with Crippen molar-refractivity contribution in [2.75, 3.05) is 5.32 Å². The fourth-order valence-electron chi connectivity index (χ4n) is 1.63. The van der Waals surface area contributed by atoms with Gasteiger partial charge in [-0.3, -0.25) is 4.98 Å². The van der Waals surface area contributed by atoms with Crippen molar-refractivity contribution in [2.24, 2.45) is 0 Å². The number of anilines is 1. The maximum absolute atomic E-state index is 11.8. The molecule has 0 spiro atoms. The Morgan fingerprint density at radius 3 is 2.42 bits per heavy atom. The summed E-state index contributed by atoms with van der Waals surface area (Å²) >= 11 is 2.22. The van der Waals surface area contributed by atoms with E-state index in [1.54, 1.807) is 12.4 Å². The van der Waals surface area contributed by atoms with Crippen LogP contribution >= 0.6 is 22.6 Å². The van der Waals surface area contributed by atoms with Crippen LogP contribution in [-0.4, -0.2) is 11.0 Å². The molecule has 2 N–H and O–H groups in total. The van der Waals surface area contributed by atoms with E-state index in [1.807, 2.05) is 43.3 Å². The Labute approximate surface area is 125 Å². The van der Waals surface area contributed by atoms with Crippen LogP contribution in [0.2, 0.25) is 0 Å². The molecule has 2 aromatic rings. The average molecular weight is 367 g/mol. The number of amides is 2. The van der Waals surface area contributed by atoms with Crippen LogP contribution in [-0.2, 0) is 0 Å². The van der Waals surface area contributed by atoms with E-state index in [-0.39, 0.29) is 12.1 Å². The minimum Gasteiger partial charge on any atom is -0.331 e. The van der Waals surface area contributed by atoms with Gasteiger partial charge in [0.2, 0.25) is 0 Å². The van der Waals surface area contributed by atoms with Crippen molar-refractivity contribution in [1.29, 1.82) is 0 Å². The summed E-state index contributed by atoms with van der Waals surface area (Å²) in [6, 6.07) is 11.1. The molecule has 0 aliphatic carbocycles. The van der Waals surface area contributed by atoms with E-state index in [2.05, 4.69) is 38.2 Å². The molecule has 2 amide bonds. The van der Waals surface area contributed by atoms with Gasteiger partial charge >= 0.3 is 6.03 Å². The number of rotatable bonds is 3. The highest BCUT2D eigenvalue weighted by Gasteiger charge is 2.08. The molecule has 2 rings (SSSR count). The summed E-state index contributed by atoms with van der Waals surface area (Å²) < 4.78 is 1.13. The second-order valence-electron chi connectivity index (χ2n) is 4.11. The normalized spacial score (nSPS) is 11.7. The lowest BCUT2D eigenvalue weighted by Crippen LogP contribution is -2.31. The lowest BCUT2D eigenvalue weighted by Gasteiger charge is -2.14. The monoisotopic (exact) mass is 367 g/mol. The second kappa shape index (κ2) is 6.51. The van der Waals surface area contributed by atoms with Gasteiger partial charge < -0.3 is 10.6 Å². The molecule has 0 fully saturated rings. The number of carbonyl (C=O) groups excluding carboxylic acids is 1. The van der Waals surface area contributed by atoms with Crippen LogP contribution < -0.4 is 10.6 Å². The number of benzene rings is 1. The van der Waals surface area contributed by atoms with Gasteiger partial charge in [-0.2, -0.15) is 0 Å². The molecular formula is C14H14IN3O. The minimum atomic E-state index is -0.217. The molecule has 0 aliphatic heterocycles. The van der Waals surface area contributed by atoms with E-state index >= 15 is 0 Å². The zero-order valence-electron chi connectivity index (χ0n) is 10.4. The van der Waals surface area contributed by atoms with E-state index in [4.69, 9.17) is 0 Å². The number of aromatic nitrogens is 1. The fraction of sp³-hybridized carbons (Fsp3) is 0.143. The molecule has 19 heavy (non-hydrogen) atoms. The highest BCUT2D eigenvalue weighted by Crippen LogP contribution is 2.13. The topological polar surface area (TPSA) is 54.0 Å². The third-order valence-corrected chi connectivity index (χ3v) is 3.37. The third-order valence-electron chi connectivity index (χ3n) is 2.66. The number of carbonyl (C=O) groups is 1. The van der Waals surface area contributed by atoms with Gasteiger partial charge in [-0.05, 0) is 71.5 Å². The molecule has 1 aromatic heterocycles. The molecule has 0 bridgehead atoms. The molecule has 1 heterocycles. The third kappa shape index (κ3) is 4.20. The highest BCUT2D eigenvalue weighted by atomic mass is 127. The van der Waals surface area contributed by atoms with Crippen molar-refractivity contribution in [1.82, 2.24) is 10.3 Å². The standard InChI is InChI=1S/C14H14IN3O/c1-10(11-6-8-16-9-7-11)17-14(19)18-13-4-2-12(15)3-5-13/h2-10H,1H3,(H2,17,18,19). The Bertz CT molecular complexity index is 542. The number of pyridine rings is 1. The summed E-state index contributed by atoms with van der Waals surface area (Å²) in [7, 11) is 0. The number of hydrogen-bond acceptors (Lipinski definition) is 2. The van der Waals surface area contributed by atoms with Gasteiger partial charge in [-0.25, -0.2) is 4.79 Å². The SMILES string of the molecule is CC(NC(=O)Nc1ccc(I)cc1)c1ccncc1. The van der Waals surface area contributed by atoms with E-state index in [1.165, 1.54) is 0 Å². The van der Waals surface area contributed by atoms with Crippen LogP contribution in [0.1, 0.15) is 18.5 Å². The van der Waals surface area contributed by atoms with Gasteiger partial charge in [0.15, 0.2) is 0 Å².